The number of benzene rings is 2. The van der Waals surface area contributed by atoms with Gasteiger partial charge in [0.05, 0.1) is 22.2 Å². The fourth-order valence-corrected chi connectivity index (χ4v) is 3.57. The van der Waals surface area contributed by atoms with Crippen LogP contribution in [0.3, 0.4) is 0 Å². The molecular weight excluding hydrogens is 364 g/mol. The van der Waals surface area contributed by atoms with Crippen LogP contribution in [0, 0.1) is 0 Å². The monoisotopic (exact) mass is 380 g/mol. The molecule has 0 radical (unpaired) electrons. The molecule has 0 unspecified atom stereocenters. The van der Waals surface area contributed by atoms with E-state index < -0.39 is 0 Å². The van der Waals surface area contributed by atoms with E-state index in [4.69, 9.17) is 4.74 Å². The number of nitrogens with one attached hydrogen (secondary N) is 2. The molecule has 1 amide bonds. The summed E-state index contributed by atoms with van der Waals surface area (Å²) in [5, 5.41) is 11.0. The molecule has 2 N–H and O–H groups in total. The standard InChI is InChI=1S/C19H16N4O3S/c24-17(26-11-16-21-14-7-3-4-8-15(14)27-16)9-10-20-19(25)18-12-5-1-2-6-13(12)22-23-18/h1-8H,9-11H2,(H,20,25)(H,22,23). The summed E-state index contributed by atoms with van der Waals surface area (Å²) in [6.45, 7) is 0.314. The van der Waals surface area contributed by atoms with Crippen LogP contribution in [0.5, 0.6) is 0 Å². The molecule has 7 nitrogen and oxygen atoms in total. The number of H-pyrrole nitrogens is 1. The van der Waals surface area contributed by atoms with Gasteiger partial charge in [-0.2, -0.15) is 5.10 Å². The molecule has 0 aliphatic heterocycles. The van der Waals surface area contributed by atoms with Gasteiger partial charge < -0.3 is 10.1 Å². The summed E-state index contributed by atoms with van der Waals surface area (Å²) in [6, 6.07) is 15.1. The first kappa shape index (κ1) is 17.2. The third-order valence-corrected chi connectivity index (χ3v) is 5.00. The number of rotatable bonds is 6. The van der Waals surface area contributed by atoms with Crippen LogP contribution in [0.1, 0.15) is 21.9 Å². The van der Waals surface area contributed by atoms with Crippen LogP contribution in [0.25, 0.3) is 21.1 Å². The zero-order chi connectivity index (χ0) is 18.6. The normalized spacial score (nSPS) is 11.0. The van der Waals surface area contributed by atoms with Crippen LogP contribution < -0.4 is 5.32 Å². The van der Waals surface area contributed by atoms with Gasteiger partial charge in [-0.05, 0) is 18.2 Å². The van der Waals surface area contributed by atoms with E-state index in [1.807, 2.05) is 48.5 Å². The van der Waals surface area contributed by atoms with Crippen LogP contribution >= 0.6 is 11.3 Å². The second-order valence-electron chi connectivity index (χ2n) is 5.86. The smallest absolute Gasteiger partial charge is 0.307 e. The van der Waals surface area contributed by atoms with E-state index in [0.717, 1.165) is 26.1 Å². The fraction of sp³-hybridized carbons (Fsp3) is 0.158. The number of para-hydroxylation sites is 2. The van der Waals surface area contributed by atoms with E-state index in [1.54, 1.807) is 0 Å². The molecule has 0 atom stereocenters. The lowest BCUT2D eigenvalue weighted by molar-refractivity contribution is -0.144. The van der Waals surface area contributed by atoms with E-state index in [2.05, 4.69) is 20.5 Å². The van der Waals surface area contributed by atoms with Crippen molar-refractivity contribution in [3.63, 3.8) is 0 Å². The van der Waals surface area contributed by atoms with E-state index in [9.17, 15) is 9.59 Å². The molecule has 0 fully saturated rings. The van der Waals surface area contributed by atoms with Gasteiger partial charge >= 0.3 is 5.97 Å². The number of carbonyl (C=O) groups excluding carboxylic acids is 2. The Bertz CT molecular complexity index is 1090. The lowest BCUT2D eigenvalue weighted by Crippen LogP contribution is -2.27. The molecule has 0 saturated carbocycles. The van der Waals surface area contributed by atoms with Crippen molar-refractivity contribution in [3.05, 3.63) is 59.2 Å². The topological polar surface area (TPSA) is 97.0 Å². The van der Waals surface area contributed by atoms with Gasteiger partial charge in [-0.25, -0.2) is 4.98 Å². The van der Waals surface area contributed by atoms with Gasteiger partial charge in [0.1, 0.15) is 11.6 Å². The highest BCUT2D eigenvalue weighted by Gasteiger charge is 2.14. The lowest BCUT2D eigenvalue weighted by Gasteiger charge is -2.04. The Morgan fingerprint density at radius 1 is 1.11 bits per heavy atom. The van der Waals surface area contributed by atoms with Gasteiger partial charge in [-0.3, -0.25) is 14.7 Å². The van der Waals surface area contributed by atoms with E-state index in [0.29, 0.717) is 5.69 Å². The summed E-state index contributed by atoms with van der Waals surface area (Å²) in [4.78, 5) is 28.5. The number of hydrogen-bond donors (Lipinski definition) is 2. The second kappa shape index (κ2) is 7.55. The predicted molar refractivity (Wildman–Crippen MR) is 102 cm³/mol. The zero-order valence-electron chi connectivity index (χ0n) is 14.3. The maximum absolute atomic E-state index is 12.2. The average Bonchev–Trinajstić information content (AvgIpc) is 3.30. The van der Waals surface area contributed by atoms with Crippen molar-refractivity contribution in [2.75, 3.05) is 6.54 Å². The van der Waals surface area contributed by atoms with Crippen molar-refractivity contribution >= 4 is 44.3 Å². The summed E-state index contributed by atoms with van der Waals surface area (Å²) < 4.78 is 6.29. The second-order valence-corrected chi connectivity index (χ2v) is 6.97. The number of amides is 1. The number of carbonyl (C=O) groups is 2. The number of aromatic nitrogens is 3. The first-order chi connectivity index (χ1) is 13.2. The lowest BCUT2D eigenvalue weighted by atomic mass is 10.2. The summed E-state index contributed by atoms with van der Waals surface area (Å²) in [6.07, 6.45) is 0.0823. The summed E-state index contributed by atoms with van der Waals surface area (Å²) >= 11 is 1.50. The summed E-state index contributed by atoms with van der Waals surface area (Å²) in [5.41, 5.74) is 2.00. The van der Waals surface area contributed by atoms with E-state index >= 15 is 0 Å². The van der Waals surface area contributed by atoms with Crippen molar-refractivity contribution < 1.29 is 14.3 Å². The van der Waals surface area contributed by atoms with Crippen LogP contribution in [-0.2, 0) is 16.1 Å². The zero-order valence-corrected chi connectivity index (χ0v) is 15.1. The van der Waals surface area contributed by atoms with Crippen LogP contribution in [0.2, 0.25) is 0 Å². The first-order valence-electron chi connectivity index (χ1n) is 8.42. The van der Waals surface area contributed by atoms with Gasteiger partial charge in [-0.1, -0.05) is 30.3 Å². The van der Waals surface area contributed by atoms with Crippen LogP contribution in [0.4, 0.5) is 0 Å². The molecule has 2 aromatic carbocycles. The Kier molecular flexibility index (Phi) is 4.80. The summed E-state index contributed by atoms with van der Waals surface area (Å²) in [7, 11) is 0. The fourth-order valence-electron chi connectivity index (χ4n) is 2.69. The minimum atomic E-state index is -0.388. The van der Waals surface area contributed by atoms with E-state index in [1.165, 1.54) is 11.3 Å². The van der Waals surface area contributed by atoms with Gasteiger partial charge in [-0.15, -0.1) is 11.3 Å². The van der Waals surface area contributed by atoms with Crippen LogP contribution in [0.15, 0.2) is 48.5 Å². The Labute approximate surface area is 158 Å². The third-order valence-electron chi connectivity index (χ3n) is 3.99. The maximum atomic E-state index is 12.2. The molecule has 0 aliphatic carbocycles. The number of ether oxygens (including phenoxy) is 1. The van der Waals surface area contributed by atoms with Gasteiger partial charge in [0.25, 0.3) is 5.91 Å². The molecule has 4 aromatic rings. The van der Waals surface area contributed by atoms with Gasteiger partial charge in [0, 0.05) is 11.9 Å². The average molecular weight is 380 g/mol. The van der Waals surface area contributed by atoms with Gasteiger partial charge in [0.15, 0.2) is 5.69 Å². The molecule has 2 heterocycles. The Morgan fingerprint density at radius 2 is 1.93 bits per heavy atom. The number of thiazole rings is 1. The number of fused-ring (bicyclic) bond motifs is 2. The number of aromatic amines is 1. The molecule has 27 heavy (non-hydrogen) atoms. The minimum absolute atomic E-state index is 0.0823. The molecule has 136 valence electrons. The third kappa shape index (κ3) is 3.80. The molecule has 8 heteroatoms. The molecule has 0 aliphatic rings. The highest BCUT2D eigenvalue weighted by Crippen LogP contribution is 2.22. The maximum Gasteiger partial charge on any atom is 0.307 e. The van der Waals surface area contributed by atoms with Crippen molar-refractivity contribution in [3.8, 4) is 0 Å². The molecule has 4 rings (SSSR count). The van der Waals surface area contributed by atoms with Crippen molar-refractivity contribution in [2.24, 2.45) is 0 Å². The Morgan fingerprint density at radius 3 is 2.81 bits per heavy atom. The van der Waals surface area contributed by atoms with Gasteiger partial charge in [0.2, 0.25) is 0 Å². The minimum Gasteiger partial charge on any atom is -0.458 e. The Hall–Kier alpha value is -3.26. The van der Waals surface area contributed by atoms with Crippen molar-refractivity contribution in [1.82, 2.24) is 20.5 Å². The Balaban J connectivity index is 1.26. The number of hydrogen-bond acceptors (Lipinski definition) is 6. The predicted octanol–water partition coefficient (Wildman–Crippen LogP) is 3.04. The van der Waals surface area contributed by atoms with Crippen molar-refractivity contribution in [2.45, 2.75) is 13.0 Å². The number of esters is 1. The molecule has 2 aromatic heterocycles. The molecule has 0 bridgehead atoms. The van der Waals surface area contributed by atoms with E-state index in [-0.39, 0.29) is 31.4 Å². The highest BCUT2D eigenvalue weighted by atomic mass is 32.1. The quantitative estimate of drug-likeness (QED) is 0.501. The van der Waals surface area contributed by atoms with Crippen LogP contribution in [-0.4, -0.2) is 33.6 Å². The molecule has 0 spiro atoms. The van der Waals surface area contributed by atoms with Crippen molar-refractivity contribution in [1.29, 1.82) is 0 Å². The summed E-state index contributed by atoms with van der Waals surface area (Å²) in [5.74, 6) is -0.715. The first-order valence-corrected chi connectivity index (χ1v) is 9.24. The molecular formula is C19H16N4O3S. The SMILES string of the molecule is O=C(CCNC(=O)c1n[nH]c2ccccc12)OCc1nc2ccccc2s1. The molecule has 0 saturated heterocycles. The highest BCUT2D eigenvalue weighted by molar-refractivity contribution is 7.18. The number of nitrogens with zero attached hydrogens (tertiary/aromatic N) is 2. The largest absolute Gasteiger partial charge is 0.458 e.